The topological polar surface area (TPSA) is 99.9 Å². The molecule has 2 aromatic carbocycles. The number of rotatable bonds is 9. The van der Waals surface area contributed by atoms with Crippen LogP contribution in [0.25, 0.3) is 17.0 Å². The van der Waals surface area contributed by atoms with Gasteiger partial charge in [0.15, 0.2) is 29.1 Å². The molecular weight excluding hydrogens is 448 g/mol. The van der Waals surface area contributed by atoms with Crippen LogP contribution in [-0.2, 0) is 4.79 Å². The highest BCUT2D eigenvalue weighted by Crippen LogP contribution is 2.22. The maximum absolute atomic E-state index is 13.7. The molecule has 2 heterocycles. The lowest BCUT2D eigenvalue weighted by Crippen LogP contribution is -2.38. The number of nitrogens with zero attached hydrogens (tertiary/aromatic N) is 4. The van der Waals surface area contributed by atoms with E-state index >= 15 is 0 Å². The molecule has 1 N–H and O–H groups in total. The summed E-state index contributed by atoms with van der Waals surface area (Å²) < 4.78 is 44.3. The van der Waals surface area contributed by atoms with Crippen molar-refractivity contribution in [1.29, 1.82) is 0 Å². The summed E-state index contributed by atoms with van der Waals surface area (Å²) in [5.41, 5.74) is 1.35. The lowest BCUT2D eigenvalue weighted by atomic mass is 10.2. The number of halogens is 2. The van der Waals surface area contributed by atoms with Gasteiger partial charge in [-0.2, -0.15) is 4.52 Å². The second kappa shape index (κ2) is 10.1. The van der Waals surface area contributed by atoms with Crippen LogP contribution in [0.5, 0.6) is 17.4 Å². The Morgan fingerprint density at radius 2 is 1.88 bits per heavy atom. The summed E-state index contributed by atoms with van der Waals surface area (Å²) in [6, 6.07) is 13.6. The molecule has 0 aliphatic carbocycles. The third-order valence-electron chi connectivity index (χ3n) is 4.80. The fourth-order valence-corrected chi connectivity index (χ4v) is 3.06. The van der Waals surface area contributed by atoms with Gasteiger partial charge in [-0.15, -0.1) is 15.3 Å². The second-order valence-corrected chi connectivity index (χ2v) is 7.17. The van der Waals surface area contributed by atoms with Crippen molar-refractivity contribution in [2.45, 2.75) is 13.0 Å². The Morgan fingerprint density at radius 1 is 1.09 bits per heavy atom. The molecule has 11 heteroatoms. The standard InChI is InChI=1S/C23H21F2N5O4/c1-14(34-19-8-5-16(24)13-18(19)25)23(31)26-11-12-33-21-10-9-20-27-28-22(30(20)29-21)15-3-6-17(32-2)7-4-15/h3-10,13-14H,11-12H2,1-2H3,(H,26,31). The first-order valence-corrected chi connectivity index (χ1v) is 10.3. The third kappa shape index (κ3) is 5.20. The first kappa shape index (κ1) is 22.9. The molecule has 0 saturated heterocycles. The molecule has 4 rings (SSSR count). The van der Waals surface area contributed by atoms with Gasteiger partial charge in [0.25, 0.3) is 5.91 Å². The molecule has 0 bridgehead atoms. The highest BCUT2D eigenvalue weighted by atomic mass is 19.1. The third-order valence-corrected chi connectivity index (χ3v) is 4.80. The van der Waals surface area contributed by atoms with E-state index in [0.29, 0.717) is 23.4 Å². The van der Waals surface area contributed by atoms with Crippen molar-refractivity contribution in [2.75, 3.05) is 20.3 Å². The van der Waals surface area contributed by atoms with Crippen molar-refractivity contribution in [2.24, 2.45) is 0 Å². The number of hydrogen-bond donors (Lipinski definition) is 1. The number of carbonyl (C=O) groups is 1. The van der Waals surface area contributed by atoms with Crippen molar-refractivity contribution in [3.8, 4) is 28.8 Å². The molecule has 34 heavy (non-hydrogen) atoms. The Kier molecular flexibility index (Phi) is 6.81. The van der Waals surface area contributed by atoms with Crippen LogP contribution >= 0.6 is 0 Å². The van der Waals surface area contributed by atoms with Gasteiger partial charge >= 0.3 is 0 Å². The Morgan fingerprint density at radius 3 is 2.62 bits per heavy atom. The highest BCUT2D eigenvalue weighted by molar-refractivity contribution is 5.80. The van der Waals surface area contributed by atoms with Gasteiger partial charge in [0, 0.05) is 17.7 Å². The first-order chi connectivity index (χ1) is 16.4. The fraction of sp³-hybridized carbons (Fsp3) is 0.217. The molecule has 0 aliphatic rings. The van der Waals surface area contributed by atoms with E-state index in [4.69, 9.17) is 14.2 Å². The van der Waals surface area contributed by atoms with Crippen molar-refractivity contribution < 1.29 is 27.8 Å². The van der Waals surface area contributed by atoms with Crippen LogP contribution in [0.4, 0.5) is 8.78 Å². The molecule has 1 atom stereocenters. The first-order valence-electron chi connectivity index (χ1n) is 10.3. The lowest BCUT2D eigenvalue weighted by Gasteiger charge is -2.15. The SMILES string of the molecule is COc1ccc(-c2nnc3ccc(OCCNC(=O)C(C)Oc4ccc(F)cc4F)nn23)cc1. The van der Waals surface area contributed by atoms with Gasteiger partial charge in [-0.25, -0.2) is 8.78 Å². The predicted molar refractivity (Wildman–Crippen MR) is 118 cm³/mol. The van der Waals surface area contributed by atoms with Crippen LogP contribution in [0, 0.1) is 11.6 Å². The van der Waals surface area contributed by atoms with Crippen LogP contribution in [0.1, 0.15) is 6.92 Å². The summed E-state index contributed by atoms with van der Waals surface area (Å²) in [5, 5.41) is 15.3. The van der Waals surface area contributed by atoms with E-state index < -0.39 is 23.6 Å². The molecule has 176 valence electrons. The molecule has 9 nitrogen and oxygen atoms in total. The Hall–Kier alpha value is -4.28. The largest absolute Gasteiger partial charge is 0.497 e. The van der Waals surface area contributed by atoms with Crippen LogP contribution in [0.3, 0.4) is 0 Å². The molecule has 0 fully saturated rings. The van der Waals surface area contributed by atoms with Crippen molar-refractivity contribution >= 4 is 11.6 Å². The monoisotopic (exact) mass is 469 g/mol. The number of aromatic nitrogens is 4. The van der Waals surface area contributed by atoms with Crippen LogP contribution in [0.2, 0.25) is 0 Å². The maximum atomic E-state index is 13.7. The average Bonchev–Trinajstić information content (AvgIpc) is 3.26. The van der Waals surface area contributed by atoms with Gasteiger partial charge in [0.2, 0.25) is 5.88 Å². The molecule has 0 aliphatic heterocycles. The van der Waals surface area contributed by atoms with Crippen molar-refractivity contribution in [3.63, 3.8) is 0 Å². The summed E-state index contributed by atoms with van der Waals surface area (Å²) in [7, 11) is 1.59. The number of nitrogens with one attached hydrogen (secondary N) is 1. The fourth-order valence-electron chi connectivity index (χ4n) is 3.06. The van der Waals surface area contributed by atoms with E-state index in [0.717, 1.165) is 23.4 Å². The van der Waals surface area contributed by atoms with Crippen LogP contribution in [-0.4, -0.2) is 52.1 Å². The molecule has 1 unspecified atom stereocenters. The highest BCUT2D eigenvalue weighted by Gasteiger charge is 2.17. The van der Waals surface area contributed by atoms with E-state index in [1.165, 1.54) is 6.92 Å². The van der Waals surface area contributed by atoms with Crippen molar-refractivity contribution in [3.05, 3.63) is 66.2 Å². The summed E-state index contributed by atoms with van der Waals surface area (Å²) >= 11 is 0. The summed E-state index contributed by atoms with van der Waals surface area (Å²) in [4.78, 5) is 12.2. The van der Waals surface area contributed by atoms with Gasteiger partial charge in [0.1, 0.15) is 18.2 Å². The van der Waals surface area contributed by atoms with Gasteiger partial charge in [0.05, 0.1) is 13.7 Å². The zero-order valence-electron chi connectivity index (χ0n) is 18.4. The number of benzene rings is 2. The average molecular weight is 469 g/mol. The molecule has 0 spiro atoms. The Bertz CT molecular complexity index is 1300. The summed E-state index contributed by atoms with van der Waals surface area (Å²) in [5.74, 6) is -0.722. The molecule has 4 aromatic rings. The van der Waals surface area contributed by atoms with E-state index in [1.807, 2.05) is 24.3 Å². The predicted octanol–water partition coefficient (Wildman–Crippen LogP) is 3.04. The summed E-state index contributed by atoms with van der Waals surface area (Å²) in [6.45, 7) is 1.74. The van der Waals surface area contributed by atoms with Gasteiger partial charge in [-0.1, -0.05) is 0 Å². The number of amides is 1. The molecule has 0 radical (unpaired) electrons. The van der Waals surface area contributed by atoms with Gasteiger partial charge < -0.3 is 19.5 Å². The maximum Gasteiger partial charge on any atom is 0.260 e. The summed E-state index contributed by atoms with van der Waals surface area (Å²) in [6.07, 6.45) is -0.987. The van der Waals surface area contributed by atoms with Gasteiger partial charge in [-0.05, 0) is 49.4 Å². The number of ether oxygens (including phenoxy) is 3. The molecular formula is C23H21F2N5O4. The number of hydrogen-bond acceptors (Lipinski definition) is 7. The minimum absolute atomic E-state index is 0.127. The van der Waals surface area contributed by atoms with E-state index in [-0.39, 0.29) is 18.9 Å². The minimum Gasteiger partial charge on any atom is -0.497 e. The van der Waals surface area contributed by atoms with E-state index in [2.05, 4.69) is 20.6 Å². The Labute approximate surface area is 193 Å². The van der Waals surface area contributed by atoms with E-state index in [1.54, 1.807) is 23.8 Å². The second-order valence-electron chi connectivity index (χ2n) is 7.17. The minimum atomic E-state index is -0.987. The Balaban J connectivity index is 1.32. The lowest BCUT2D eigenvalue weighted by molar-refractivity contribution is -0.127. The molecule has 0 saturated carbocycles. The smallest absolute Gasteiger partial charge is 0.260 e. The van der Waals surface area contributed by atoms with Crippen LogP contribution in [0.15, 0.2) is 54.6 Å². The molecule has 2 aromatic heterocycles. The van der Waals surface area contributed by atoms with Crippen molar-refractivity contribution in [1.82, 2.24) is 25.1 Å². The number of carbonyl (C=O) groups excluding carboxylic acids is 1. The number of methoxy groups -OCH3 is 1. The molecule has 1 amide bonds. The normalized spacial score (nSPS) is 11.8. The zero-order chi connectivity index (χ0) is 24.1. The zero-order valence-corrected chi connectivity index (χ0v) is 18.4. The van der Waals surface area contributed by atoms with Gasteiger partial charge in [-0.3, -0.25) is 4.79 Å². The quantitative estimate of drug-likeness (QED) is 0.376. The number of fused-ring (bicyclic) bond motifs is 1. The van der Waals surface area contributed by atoms with Crippen LogP contribution < -0.4 is 19.5 Å². The van der Waals surface area contributed by atoms with E-state index in [9.17, 15) is 13.6 Å².